The Hall–Kier alpha value is -1.58. The van der Waals surface area contributed by atoms with Crippen LogP contribution in [0.25, 0.3) is 0 Å². The van der Waals surface area contributed by atoms with Crippen LogP contribution in [-0.2, 0) is 9.47 Å². The van der Waals surface area contributed by atoms with E-state index in [1.165, 1.54) is 0 Å². The predicted molar refractivity (Wildman–Crippen MR) is 77.8 cm³/mol. The van der Waals surface area contributed by atoms with Crippen LogP contribution >= 0.6 is 0 Å². The van der Waals surface area contributed by atoms with Crippen LogP contribution in [0.4, 0.5) is 0 Å². The molecule has 0 radical (unpaired) electrons. The molecule has 0 bridgehead atoms. The average Bonchev–Trinajstić information content (AvgIpc) is 3.12. The SMILES string of the molecule is C=CCCC(CCC=C)(C1=NCCO1)C1=NCCO1. The predicted octanol–water partition coefficient (Wildman–Crippen LogP) is 2.76. The van der Waals surface area contributed by atoms with E-state index in [9.17, 15) is 0 Å². The monoisotopic (exact) mass is 262 g/mol. The summed E-state index contributed by atoms with van der Waals surface area (Å²) in [4.78, 5) is 9.05. The molecule has 104 valence electrons. The van der Waals surface area contributed by atoms with Crippen LogP contribution in [0.15, 0.2) is 35.3 Å². The fourth-order valence-electron chi connectivity index (χ4n) is 2.59. The first-order valence-electron chi connectivity index (χ1n) is 6.91. The molecular formula is C15H22N2O2. The lowest BCUT2D eigenvalue weighted by molar-refractivity contribution is 0.252. The Morgan fingerprint density at radius 3 is 1.74 bits per heavy atom. The highest BCUT2D eigenvalue weighted by molar-refractivity contribution is 6.06. The first-order valence-corrected chi connectivity index (χ1v) is 6.91. The molecule has 4 nitrogen and oxygen atoms in total. The molecular weight excluding hydrogens is 240 g/mol. The Morgan fingerprint density at radius 2 is 1.42 bits per heavy atom. The third-order valence-corrected chi connectivity index (χ3v) is 3.54. The summed E-state index contributed by atoms with van der Waals surface area (Å²) in [5, 5.41) is 0. The van der Waals surface area contributed by atoms with Gasteiger partial charge >= 0.3 is 0 Å². The Labute approximate surface area is 114 Å². The molecule has 19 heavy (non-hydrogen) atoms. The second-order valence-corrected chi connectivity index (χ2v) is 4.81. The highest BCUT2D eigenvalue weighted by Gasteiger charge is 2.45. The molecule has 0 fully saturated rings. The lowest BCUT2D eigenvalue weighted by Crippen LogP contribution is -2.40. The maximum atomic E-state index is 5.75. The number of ether oxygens (including phenoxy) is 2. The van der Waals surface area contributed by atoms with Gasteiger partial charge in [-0.2, -0.15) is 0 Å². The van der Waals surface area contributed by atoms with E-state index < -0.39 is 0 Å². The van der Waals surface area contributed by atoms with Crippen LogP contribution in [0.3, 0.4) is 0 Å². The van der Waals surface area contributed by atoms with E-state index in [1.54, 1.807) is 0 Å². The second-order valence-electron chi connectivity index (χ2n) is 4.81. The normalized spacial score (nSPS) is 18.3. The fourth-order valence-corrected chi connectivity index (χ4v) is 2.59. The Morgan fingerprint density at radius 1 is 0.947 bits per heavy atom. The van der Waals surface area contributed by atoms with E-state index >= 15 is 0 Å². The van der Waals surface area contributed by atoms with E-state index in [0.29, 0.717) is 13.2 Å². The Bertz CT molecular complexity index is 361. The van der Waals surface area contributed by atoms with Gasteiger partial charge in [0.25, 0.3) is 0 Å². The zero-order valence-corrected chi connectivity index (χ0v) is 11.4. The van der Waals surface area contributed by atoms with E-state index in [-0.39, 0.29) is 5.41 Å². The molecule has 0 atom stereocenters. The Kier molecular flexibility index (Phi) is 4.77. The molecule has 0 unspecified atom stereocenters. The van der Waals surface area contributed by atoms with E-state index in [4.69, 9.17) is 9.47 Å². The number of aliphatic imine (C=N–C) groups is 2. The molecule has 0 spiro atoms. The highest BCUT2D eigenvalue weighted by atomic mass is 16.5. The Balaban J connectivity index is 2.29. The number of allylic oxidation sites excluding steroid dienone is 2. The molecule has 2 heterocycles. The van der Waals surface area contributed by atoms with Crippen molar-refractivity contribution in [2.75, 3.05) is 26.3 Å². The van der Waals surface area contributed by atoms with Gasteiger partial charge in [0.05, 0.1) is 13.1 Å². The molecule has 4 heteroatoms. The van der Waals surface area contributed by atoms with Crippen LogP contribution in [-0.4, -0.2) is 38.1 Å². The third kappa shape index (κ3) is 2.88. The molecule has 0 amide bonds. The van der Waals surface area contributed by atoms with Crippen molar-refractivity contribution in [1.82, 2.24) is 0 Å². The molecule has 0 aromatic carbocycles. The minimum absolute atomic E-state index is 0.324. The van der Waals surface area contributed by atoms with Gasteiger partial charge in [0.1, 0.15) is 18.6 Å². The van der Waals surface area contributed by atoms with E-state index in [1.807, 2.05) is 12.2 Å². The molecule has 2 rings (SSSR count). The molecule has 0 aromatic heterocycles. The van der Waals surface area contributed by atoms with Gasteiger partial charge < -0.3 is 9.47 Å². The molecule has 0 N–H and O–H groups in total. The zero-order valence-electron chi connectivity index (χ0n) is 11.4. The van der Waals surface area contributed by atoms with Crippen molar-refractivity contribution in [2.24, 2.45) is 15.4 Å². The fraction of sp³-hybridized carbons (Fsp3) is 0.600. The summed E-state index contributed by atoms with van der Waals surface area (Å²) in [6.45, 7) is 10.4. The number of hydrogen-bond acceptors (Lipinski definition) is 4. The van der Waals surface area contributed by atoms with Crippen LogP contribution < -0.4 is 0 Å². The van der Waals surface area contributed by atoms with Gasteiger partial charge in [-0.05, 0) is 25.7 Å². The first-order chi connectivity index (χ1) is 9.33. The summed E-state index contributed by atoms with van der Waals surface area (Å²) in [5.41, 5.74) is -0.324. The molecule has 0 aliphatic carbocycles. The average molecular weight is 262 g/mol. The third-order valence-electron chi connectivity index (χ3n) is 3.54. The largest absolute Gasteiger partial charge is 0.478 e. The van der Waals surface area contributed by atoms with Crippen molar-refractivity contribution >= 4 is 11.8 Å². The summed E-state index contributed by atoms with van der Waals surface area (Å²) in [6.07, 6.45) is 7.38. The minimum Gasteiger partial charge on any atom is -0.478 e. The van der Waals surface area contributed by atoms with Gasteiger partial charge in [0.15, 0.2) is 11.8 Å². The zero-order chi connectivity index (χ0) is 13.6. The highest BCUT2D eigenvalue weighted by Crippen LogP contribution is 2.37. The number of rotatable bonds is 8. The van der Waals surface area contributed by atoms with Crippen molar-refractivity contribution in [1.29, 1.82) is 0 Å². The standard InChI is InChI=1S/C15H22N2O2/c1-3-5-7-15(8-6-4-2,13-16-9-11-18-13)14-17-10-12-19-14/h3-4H,1-2,5-12H2. The lowest BCUT2D eigenvalue weighted by Gasteiger charge is -2.31. The topological polar surface area (TPSA) is 43.2 Å². The second kappa shape index (κ2) is 6.55. The molecule has 2 aliphatic heterocycles. The lowest BCUT2D eigenvalue weighted by atomic mass is 9.78. The van der Waals surface area contributed by atoms with E-state index in [0.717, 1.165) is 50.6 Å². The van der Waals surface area contributed by atoms with E-state index in [2.05, 4.69) is 23.1 Å². The van der Waals surface area contributed by atoms with Gasteiger partial charge in [-0.3, -0.25) is 9.98 Å². The van der Waals surface area contributed by atoms with Crippen molar-refractivity contribution in [3.8, 4) is 0 Å². The van der Waals surface area contributed by atoms with Gasteiger partial charge in [-0.15, -0.1) is 13.2 Å². The van der Waals surface area contributed by atoms with Crippen LogP contribution in [0.2, 0.25) is 0 Å². The number of hydrogen-bond donors (Lipinski definition) is 0. The molecule has 0 aromatic rings. The van der Waals surface area contributed by atoms with Crippen LogP contribution in [0.5, 0.6) is 0 Å². The summed E-state index contributed by atoms with van der Waals surface area (Å²) < 4.78 is 11.5. The van der Waals surface area contributed by atoms with Gasteiger partial charge in [0.2, 0.25) is 0 Å². The maximum Gasteiger partial charge on any atom is 0.199 e. The summed E-state index contributed by atoms with van der Waals surface area (Å²) >= 11 is 0. The molecule has 0 saturated heterocycles. The minimum atomic E-state index is -0.324. The molecule has 2 aliphatic rings. The first kappa shape index (κ1) is 13.8. The van der Waals surface area contributed by atoms with Crippen molar-refractivity contribution < 1.29 is 9.47 Å². The summed E-state index contributed by atoms with van der Waals surface area (Å²) in [5.74, 6) is 1.58. The molecule has 0 saturated carbocycles. The van der Waals surface area contributed by atoms with Crippen LogP contribution in [0.1, 0.15) is 25.7 Å². The number of nitrogens with zero attached hydrogens (tertiary/aromatic N) is 2. The van der Waals surface area contributed by atoms with Gasteiger partial charge in [0, 0.05) is 0 Å². The maximum absolute atomic E-state index is 5.75. The quantitative estimate of drug-likeness (QED) is 0.631. The van der Waals surface area contributed by atoms with Gasteiger partial charge in [-0.25, -0.2) is 0 Å². The van der Waals surface area contributed by atoms with Crippen molar-refractivity contribution in [3.05, 3.63) is 25.3 Å². The smallest absolute Gasteiger partial charge is 0.199 e. The summed E-state index contributed by atoms with van der Waals surface area (Å²) in [6, 6.07) is 0. The van der Waals surface area contributed by atoms with Crippen molar-refractivity contribution in [2.45, 2.75) is 25.7 Å². The summed E-state index contributed by atoms with van der Waals surface area (Å²) in [7, 11) is 0. The van der Waals surface area contributed by atoms with Crippen molar-refractivity contribution in [3.63, 3.8) is 0 Å². The van der Waals surface area contributed by atoms with Crippen LogP contribution in [0, 0.1) is 5.41 Å². The van der Waals surface area contributed by atoms with Gasteiger partial charge in [-0.1, -0.05) is 12.2 Å².